The summed E-state index contributed by atoms with van der Waals surface area (Å²) in [4.78, 5) is 11.9. The molecule has 0 saturated carbocycles. The lowest BCUT2D eigenvalue weighted by molar-refractivity contribution is -0.117. The van der Waals surface area contributed by atoms with Crippen molar-refractivity contribution in [3.63, 3.8) is 0 Å². The maximum absolute atomic E-state index is 11.9. The highest BCUT2D eigenvalue weighted by molar-refractivity contribution is 7.08. The third-order valence-corrected chi connectivity index (χ3v) is 4.40. The smallest absolute Gasteiger partial charge is 0.244 e. The molecule has 0 saturated heterocycles. The Morgan fingerprint density at radius 1 is 1.55 bits per heavy atom. The molecule has 0 aliphatic heterocycles. The van der Waals surface area contributed by atoms with Crippen molar-refractivity contribution in [2.24, 2.45) is 7.05 Å². The Morgan fingerprint density at radius 2 is 2.27 bits per heavy atom. The van der Waals surface area contributed by atoms with E-state index in [4.69, 9.17) is 0 Å². The average Bonchev–Trinajstić information content (AvgIpc) is 3.06. The minimum Gasteiger partial charge on any atom is -0.384 e. The molecule has 2 aromatic rings. The number of hydrogen-bond donors (Lipinski definition) is 2. The molecule has 2 aromatic heterocycles. The Kier molecular flexibility index (Phi) is 4.83. The molecule has 6 heteroatoms. The van der Waals surface area contributed by atoms with Crippen LogP contribution in [0.1, 0.15) is 29.4 Å². The van der Waals surface area contributed by atoms with E-state index in [0.717, 1.165) is 22.5 Å². The summed E-state index contributed by atoms with van der Waals surface area (Å²) in [6, 6.07) is 1.86. The number of carbonyl (C=O) groups excluding carboxylic acids is 1. The number of hydrogen-bond acceptors (Lipinski definition) is 4. The van der Waals surface area contributed by atoms with Crippen LogP contribution in [0.25, 0.3) is 6.08 Å². The monoisotopic (exact) mass is 319 g/mol. The molecule has 22 heavy (non-hydrogen) atoms. The van der Waals surface area contributed by atoms with E-state index >= 15 is 0 Å². The zero-order valence-corrected chi connectivity index (χ0v) is 14.1. The largest absolute Gasteiger partial charge is 0.384 e. The summed E-state index contributed by atoms with van der Waals surface area (Å²) in [6.07, 6.45) is 3.23. The Balaban J connectivity index is 1.97. The van der Waals surface area contributed by atoms with Gasteiger partial charge in [0.15, 0.2) is 0 Å². The van der Waals surface area contributed by atoms with E-state index in [9.17, 15) is 9.90 Å². The average molecular weight is 319 g/mol. The van der Waals surface area contributed by atoms with E-state index in [0.29, 0.717) is 0 Å². The number of rotatable bonds is 5. The summed E-state index contributed by atoms with van der Waals surface area (Å²) >= 11 is 1.52. The van der Waals surface area contributed by atoms with Crippen LogP contribution in [-0.2, 0) is 17.4 Å². The third kappa shape index (κ3) is 3.64. The van der Waals surface area contributed by atoms with Crippen molar-refractivity contribution in [2.75, 3.05) is 6.54 Å². The van der Waals surface area contributed by atoms with E-state index in [-0.39, 0.29) is 12.5 Å². The standard InChI is InChI=1S/C16H21N3O2S/c1-11-14(12(2)19(4)18-11)5-6-15(20)17-10-16(3,21)13-7-8-22-9-13/h5-9,21H,10H2,1-4H3,(H,17,20)/b6-5+/t16-/m0/s1. The predicted molar refractivity (Wildman–Crippen MR) is 88.6 cm³/mol. The van der Waals surface area contributed by atoms with Gasteiger partial charge in [-0.1, -0.05) is 0 Å². The van der Waals surface area contributed by atoms with Gasteiger partial charge >= 0.3 is 0 Å². The van der Waals surface area contributed by atoms with Gasteiger partial charge in [-0.15, -0.1) is 0 Å². The molecule has 0 radical (unpaired) electrons. The lowest BCUT2D eigenvalue weighted by Gasteiger charge is -2.22. The van der Waals surface area contributed by atoms with Crippen molar-refractivity contribution in [1.29, 1.82) is 0 Å². The zero-order chi connectivity index (χ0) is 16.3. The first-order valence-electron chi connectivity index (χ1n) is 7.02. The molecule has 0 fully saturated rings. The molecule has 2 rings (SSSR count). The first-order valence-corrected chi connectivity index (χ1v) is 7.96. The summed E-state index contributed by atoms with van der Waals surface area (Å²) in [5.41, 5.74) is 2.58. The zero-order valence-electron chi connectivity index (χ0n) is 13.3. The molecule has 0 spiro atoms. The minimum atomic E-state index is -1.07. The Labute approximate surface area is 134 Å². The van der Waals surface area contributed by atoms with Gasteiger partial charge in [0.25, 0.3) is 0 Å². The molecular weight excluding hydrogens is 298 g/mol. The maximum atomic E-state index is 11.9. The highest BCUT2D eigenvalue weighted by Crippen LogP contribution is 2.22. The first kappa shape index (κ1) is 16.5. The molecule has 1 atom stereocenters. The number of aryl methyl sites for hydroxylation is 2. The van der Waals surface area contributed by atoms with E-state index in [1.165, 1.54) is 17.4 Å². The molecule has 1 amide bonds. The van der Waals surface area contributed by atoms with Gasteiger partial charge < -0.3 is 10.4 Å². The van der Waals surface area contributed by atoms with Gasteiger partial charge in [0, 0.05) is 24.4 Å². The van der Waals surface area contributed by atoms with Crippen LogP contribution in [0.3, 0.4) is 0 Å². The van der Waals surface area contributed by atoms with Crippen molar-refractivity contribution in [3.05, 3.63) is 45.4 Å². The molecule has 0 aliphatic rings. The van der Waals surface area contributed by atoms with Crippen LogP contribution >= 0.6 is 11.3 Å². The summed E-state index contributed by atoms with van der Waals surface area (Å²) in [5, 5.41) is 21.2. The quantitative estimate of drug-likeness (QED) is 0.830. The number of thiophene rings is 1. The van der Waals surface area contributed by atoms with Gasteiger partial charge in [0.1, 0.15) is 5.60 Å². The second-order valence-electron chi connectivity index (χ2n) is 5.55. The van der Waals surface area contributed by atoms with Crippen LogP contribution in [0, 0.1) is 13.8 Å². The van der Waals surface area contributed by atoms with Gasteiger partial charge in [-0.25, -0.2) is 0 Å². The van der Waals surface area contributed by atoms with Gasteiger partial charge in [0.05, 0.1) is 12.2 Å². The maximum Gasteiger partial charge on any atom is 0.244 e. The molecule has 5 nitrogen and oxygen atoms in total. The van der Waals surface area contributed by atoms with Crippen LogP contribution in [0.4, 0.5) is 0 Å². The van der Waals surface area contributed by atoms with E-state index < -0.39 is 5.60 Å². The van der Waals surface area contributed by atoms with E-state index in [1.807, 2.05) is 37.7 Å². The van der Waals surface area contributed by atoms with Crippen molar-refractivity contribution in [2.45, 2.75) is 26.4 Å². The molecule has 0 aromatic carbocycles. The first-order chi connectivity index (χ1) is 10.3. The van der Waals surface area contributed by atoms with Crippen LogP contribution in [-0.4, -0.2) is 27.3 Å². The van der Waals surface area contributed by atoms with Crippen LogP contribution in [0.2, 0.25) is 0 Å². The fourth-order valence-electron chi connectivity index (χ4n) is 2.18. The number of carbonyl (C=O) groups is 1. The molecular formula is C16H21N3O2S. The third-order valence-electron chi connectivity index (χ3n) is 3.72. The Hall–Kier alpha value is -1.92. The topological polar surface area (TPSA) is 67.2 Å². The summed E-state index contributed by atoms with van der Waals surface area (Å²) < 4.78 is 1.79. The number of amides is 1. The fraction of sp³-hybridized carbons (Fsp3) is 0.375. The predicted octanol–water partition coefficient (Wildman–Crippen LogP) is 2.14. The normalized spacial score (nSPS) is 14.2. The second-order valence-corrected chi connectivity index (χ2v) is 6.33. The van der Waals surface area contributed by atoms with Crippen LogP contribution < -0.4 is 5.32 Å². The second kappa shape index (κ2) is 6.46. The van der Waals surface area contributed by atoms with Gasteiger partial charge in [0.2, 0.25) is 5.91 Å². The number of aliphatic hydroxyl groups is 1. The lowest BCUT2D eigenvalue weighted by atomic mass is 9.99. The number of aromatic nitrogens is 2. The van der Waals surface area contributed by atoms with Gasteiger partial charge in [-0.2, -0.15) is 16.4 Å². The van der Waals surface area contributed by atoms with Crippen molar-refractivity contribution in [3.8, 4) is 0 Å². The number of nitrogens with one attached hydrogen (secondary N) is 1. The molecule has 0 unspecified atom stereocenters. The number of nitrogens with zero attached hydrogens (tertiary/aromatic N) is 2. The van der Waals surface area contributed by atoms with Crippen molar-refractivity contribution in [1.82, 2.24) is 15.1 Å². The SMILES string of the molecule is Cc1nn(C)c(C)c1/C=C/C(=O)NC[C@](C)(O)c1ccsc1. The van der Waals surface area contributed by atoms with Gasteiger partial charge in [-0.05, 0) is 49.2 Å². The highest BCUT2D eigenvalue weighted by Gasteiger charge is 2.23. The molecule has 0 aliphatic carbocycles. The van der Waals surface area contributed by atoms with Crippen molar-refractivity contribution >= 4 is 23.3 Å². The van der Waals surface area contributed by atoms with Crippen LogP contribution in [0.5, 0.6) is 0 Å². The van der Waals surface area contributed by atoms with E-state index in [2.05, 4.69) is 10.4 Å². The van der Waals surface area contributed by atoms with E-state index in [1.54, 1.807) is 17.7 Å². The van der Waals surface area contributed by atoms with Crippen LogP contribution in [0.15, 0.2) is 22.9 Å². The summed E-state index contributed by atoms with van der Waals surface area (Å²) in [6.45, 7) is 5.72. The Bertz CT molecular complexity index is 685. The lowest BCUT2D eigenvalue weighted by Crippen LogP contribution is -2.37. The molecule has 2 N–H and O–H groups in total. The van der Waals surface area contributed by atoms with Gasteiger partial charge in [-0.3, -0.25) is 9.48 Å². The Morgan fingerprint density at radius 3 is 2.82 bits per heavy atom. The highest BCUT2D eigenvalue weighted by atomic mass is 32.1. The molecule has 0 bridgehead atoms. The fourth-order valence-corrected chi connectivity index (χ4v) is 2.96. The molecule has 118 valence electrons. The minimum absolute atomic E-state index is 0.165. The summed E-state index contributed by atoms with van der Waals surface area (Å²) in [5.74, 6) is -0.238. The summed E-state index contributed by atoms with van der Waals surface area (Å²) in [7, 11) is 1.87. The molecule has 2 heterocycles. The van der Waals surface area contributed by atoms with Crippen molar-refractivity contribution < 1.29 is 9.90 Å².